The molecular weight excluding hydrogens is 396 g/mol. The van der Waals surface area contributed by atoms with Gasteiger partial charge in [0, 0.05) is 35.4 Å². The summed E-state index contributed by atoms with van der Waals surface area (Å²) in [6, 6.07) is 11.9. The SMILES string of the molecule is CSc1cccc(NC(=O)[C@@H]2CCCN(c3cc(-n4nc(C)cc4C)ncn3)C2)c1. The molecular formula is C22H26N6OS. The minimum absolute atomic E-state index is 0.0609. The number of thioether (sulfide) groups is 1. The first kappa shape index (κ1) is 20.4. The van der Waals surface area contributed by atoms with Crippen LogP contribution in [-0.4, -0.2) is 45.0 Å². The highest BCUT2D eigenvalue weighted by atomic mass is 32.2. The number of hydrogen-bond donors (Lipinski definition) is 1. The molecule has 0 radical (unpaired) electrons. The van der Waals surface area contributed by atoms with Gasteiger partial charge in [-0.25, -0.2) is 14.6 Å². The van der Waals surface area contributed by atoms with Gasteiger partial charge in [0.15, 0.2) is 5.82 Å². The quantitative estimate of drug-likeness (QED) is 0.630. The topological polar surface area (TPSA) is 75.9 Å². The Morgan fingerprint density at radius 2 is 2.00 bits per heavy atom. The molecule has 1 aliphatic heterocycles. The molecule has 3 aromatic rings. The monoisotopic (exact) mass is 422 g/mol. The molecule has 8 heteroatoms. The van der Waals surface area contributed by atoms with Crippen molar-refractivity contribution in [1.29, 1.82) is 0 Å². The van der Waals surface area contributed by atoms with Gasteiger partial charge in [-0.1, -0.05) is 6.07 Å². The fourth-order valence-corrected chi connectivity index (χ4v) is 4.29. The van der Waals surface area contributed by atoms with Gasteiger partial charge in [0.05, 0.1) is 11.6 Å². The molecule has 156 valence electrons. The number of hydrogen-bond acceptors (Lipinski definition) is 6. The summed E-state index contributed by atoms with van der Waals surface area (Å²) in [5.41, 5.74) is 2.83. The van der Waals surface area contributed by atoms with Crippen LogP contribution in [0, 0.1) is 19.8 Å². The number of nitrogens with zero attached hydrogens (tertiary/aromatic N) is 5. The van der Waals surface area contributed by atoms with Crippen LogP contribution in [0.4, 0.5) is 11.5 Å². The highest BCUT2D eigenvalue weighted by molar-refractivity contribution is 7.98. The number of carbonyl (C=O) groups is 1. The summed E-state index contributed by atoms with van der Waals surface area (Å²) in [6.45, 7) is 5.49. The number of amides is 1. The van der Waals surface area contributed by atoms with Crippen LogP contribution in [0.5, 0.6) is 0 Å². The Hall–Kier alpha value is -2.87. The van der Waals surface area contributed by atoms with Crippen molar-refractivity contribution in [3.05, 3.63) is 54.1 Å². The lowest BCUT2D eigenvalue weighted by molar-refractivity contribution is -0.120. The number of carbonyl (C=O) groups excluding carboxylic acids is 1. The third kappa shape index (κ3) is 4.48. The number of nitrogens with one attached hydrogen (secondary N) is 1. The van der Waals surface area contributed by atoms with Crippen molar-refractivity contribution in [2.75, 3.05) is 29.6 Å². The number of anilines is 2. The maximum atomic E-state index is 12.9. The van der Waals surface area contributed by atoms with Gasteiger partial charge >= 0.3 is 0 Å². The molecule has 1 fully saturated rings. The normalized spacial score (nSPS) is 16.5. The molecule has 30 heavy (non-hydrogen) atoms. The molecule has 1 saturated heterocycles. The summed E-state index contributed by atoms with van der Waals surface area (Å²) in [5, 5.41) is 7.59. The van der Waals surface area contributed by atoms with Crippen LogP contribution in [0.2, 0.25) is 0 Å². The summed E-state index contributed by atoms with van der Waals surface area (Å²) < 4.78 is 1.83. The lowest BCUT2D eigenvalue weighted by atomic mass is 9.97. The lowest BCUT2D eigenvalue weighted by Gasteiger charge is -2.33. The van der Waals surface area contributed by atoms with Crippen LogP contribution in [0.25, 0.3) is 5.82 Å². The Labute approximate surface area is 180 Å². The number of aromatic nitrogens is 4. The zero-order valence-electron chi connectivity index (χ0n) is 17.5. The largest absolute Gasteiger partial charge is 0.356 e. The van der Waals surface area contributed by atoms with Gasteiger partial charge < -0.3 is 10.2 Å². The van der Waals surface area contributed by atoms with E-state index in [9.17, 15) is 4.79 Å². The molecule has 0 aliphatic carbocycles. The van der Waals surface area contributed by atoms with Crippen molar-refractivity contribution >= 4 is 29.2 Å². The Bertz CT molecular complexity index is 1050. The van der Waals surface area contributed by atoms with Gasteiger partial charge in [-0.15, -0.1) is 11.8 Å². The number of rotatable bonds is 5. The van der Waals surface area contributed by atoms with Gasteiger partial charge in [-0.3, -0.25) is 4.79 Å². The van der Waals surface area contributed by atoms with Gasteiger partial charge in [-0.2, -0.15) is 5.10 Å². The van der Waals surface area contributed by atoms with E-state index in [0.29, 0.717) is 6.54 Å². The summed E-state index contributed by atoms with van der Waals surface area (Å²) >= 11 is 1.66. The van der Waals surface area contributed by atoms with Gasteiger partial charge in [-0.05, 0) is 57.2 Å². The molecule has 1 aromatic carbocycles. The minimum Gasteiger partial charge on any atom is -0.356 e. The third-order valence-corrected chi connectivity index (χ3v) is 6.04. The lowest BCUT2D eigenvalue weighted by Crippen LogP contribution is -2.41. The molecule has 0 bridgehead atoms. The van der Waals surface area contributed by atoms with Crippen LogP contribution in [0.1, 0.15) is 24.2 Å². The number of piperidine rings is 1. The first-order valence-electron chi connectivity index (χ1n) is 10.1. The Morgan fingerprint density at radius 1 is 1.17 bits per heavy atom. The van der Waals surface area contributed by atoms with Crippen molar-refractivity contribution in [3.63, 3.8) is 0 Å². The van der Waals surface area contributed by atoms with E-state index < -0.39 is 0 Å². The Kier molecular flexibility index (Phi) is 6.03. The van der Waals surface area contributed by atoms with E-state index in [1.165, 1.54) is 0 Å². The predicted octanol–water partition coefficient (Wildman–Crippen LogP) is 3.86. The van der Waals surface area contributed by atoms with E-state index in [0.717, 1.165) is 53.0 Å². The molecule has 7 nitrogen and oxygen atoms in total. The van der Waals surface area contributed by atoms with Crippen LogP contribution in [0.3, 0.4) is 0 Å². The van der Waals surface area contributed by atoms with Crippen molar-refractivity contribution in [2.45, 2.75) is 31.6 Å². The van der Waals surface area contributed by atoms with Crippen LogP contribution >= 0.6 is 11.8 Å². The Morgan fingerprint density at radius 3 is 2.77 bits per heavy atom. The fraction of sp³-hybridized carbons (Fsp3) is 0.364. The summed E-state index contributed by atoms with van der Waals surface area (Å²) in [7, 11) is 0. The second-order valence-corrected chi connectivity index (χ2v) is 8.46. The fourth-order valence-electron chi connectivity index (χ4n) is 3.83. The van der Waals surface area contributed by atoms with E-state index in [4.69, 9.17) is 0 Å². The van der Waals surface area contributed by atoms with Gasteiger partial charge in [0.25, 0.3) is 0 Å². The summed E-state index contributed by atoms with van der Waals surface area (Å²) in [5.74, 6) is 1.55. The second kappa shape index (κ2) is 8.87. The third-order valence-electron chi connectivity index (χ3n) is 5.32. The van der Waals surface area contributed by atoms with Gasteiger partial charge in [0.1, 0.15) is 12.1 Å². The zero-order chi connectivity index (χ0) is 21.1. The van der Waals surface area contributed by atoms with E-state index in [2.05, 4.69) is 25.3 Å². The van der Waals surface area contributed by atoms with E-state index >= 15 is 0 Å². The highest BCUT2D eigenvalue weighted by Gasteiger charge is 2.27. The molecule has 1 atom stereocenters. The second-order valence-electron chi connectivity index (χ2n) is 7.58. The van der Waals surface area contributed by atoms with E-state index in [1.807, 2.05) is 61.2 Å². The highest BCUT2D eigenvalue weighted by Crippen LogP contribution is 2.25. The number of aryl methyl sites for hydroxylation is 2. The maximum absolute atomic E-state index is 12.9. The molecule has 0 spiro atoms. The van der Waals surface area contributed by atoms with Crippen LogP contribution in [-0.2, 0) is 4.79 Å². The standard InChI is InChI=1S/C22H26N6OS/c1-15-10-16(2)28(26-15)21-12-20(23-14-24-21)27-9-5-6-17(13-27)22(29)25-18-7-4-8-19(11-18)30-3/h4,7-8,10-12,14,17H,5-6,9,13H2,1-3H3,(H,25,29)/t17-/m1/s1. The maximum Gasteiger partial charge on any atom is 0.229 e. The van der Waals surface area contributed by atoms with Crippen LogP contribution < -0.4 is 10.2 Å². The molecule has 1 amide bonds. The molecule has 1 aliphatic rings. The molecule has 1 N–H and O–H groups in total. The van der Waals surface area contributed by atoms with E-state index in [1.54, 1.807) is 18.1 Å². The van der Waals surface area contributed by atoms with Crippen molar-refractivity contribution in [3.8, 4) is 5.82 Å². The first-order chi connectivity index (χ1) is 14.5. The van der Waals surface area contributed by atoms with Crippen molar-refractivity contribution in [1.82, 2.24) is 19.7 Å². The molecule has 0 unspecified atom stereocenters. The zero-order valence-corrected chi connectivity index (χ0v) is 18.3. The summed E-state index contributed by atoms with van der Waals surface area (Å²) in [6.07, 6.45) is 5.42. The van der Waals surface area contributed by atoms with Gasteiger partial charge in [0.2, 0.25) is 5.91 Å². The van der Waals surface area contributed by atoms with Crippen molar-refractivity contribution < 1.29 is 4.79 Å². The predicted molar refractivity (Wildman–Crippen MR) is 120 cm³/mol. The Balaban J connectivity index is 1.48. The minimum atomic E-state index is -0.0798. The summed E-state index contributed by atoms with van der Waals surface area (Å²) in [4.78, 5) is 25.0. The molecule has 0 saturated carbocycles. The smallest absolute Gasteiger partial charge is 0.229 e. The molecule has 4 rings (SSSR count). The van der Waals surface area contributed by atoms with E-state index in [-0.39, 0.29) is 11.8 Å². The average Bonchev–Trinajstić information content (AvgIpc) is 3.12. The van der Waals surface area contributed by atoms with Crippen LogP contribution in [0.15, 0.2) is 47.6 Å². The number of benzene rings is 1. The van der Waals surface area contributed by atoms with Crippen molar-refractivity contribution in [2.24, 2.45) is 5.92 Å². The molecule has 2 aromatic heterocycles. The first-order valence-corrected chi connectivity index (χ1v) is 11.3. The molecule has 3 heterocycles. The average molecular weight is 423 g/mol.